The molecule has 1 aromatic rings. The standard InChI is InChI=1S/C57H105O2/c1-6-11-16-21-26-31-36-41-46-52-53(47-42-37-32-27-22-17-12-7-2)55(49-44-39-34-29-24-19-14-9-4)57(59-51-58)56(50-45-40-35-30-25-20-15-10-5)54(52)48-43-38-33-28-23-18-13-8-3/h6-50H2,1-5H3. The highest BCUT2D eigenvalue weighted by molar-refractivity contribution is 5.60. The number of hydrogen-bond acceptors (Lipinski definition) is 2. The molecule has 0 aliphatic heterocycles. The van der Waals surface area contributed by atoms with Crippen molar-refractivity contribution in [3.63, 3.8) is 0 Å². The van der Waals surface area contributed by atoms with Crippen molar-refractivity contribution in [2.45, 2.75) is 324 Å². The molecule has 0 N–H and O–H groups in total. The van der Waals surface area contributed by atoms with Crippen molar-refractivity contribution in [3.8, 4) is 5.75 Å². The summed E-state index contributed by atoms with van der Waals surface area (Å²) in [5.41, 5.74) is 7.78. The third-order valence-corrected chi connectivity index (χ3v) is 13.6. The van der Waals surface area contributed by atoms with Gasteiger partial charge in [-0.1, -0.05) is 259 Å². The number of carbonyl (C=O) groups excluding carboxylic acids is 1. The van der Waals surface area contributed by atoms with Crippen LogP contribution in [0.1, 0.15) is 319 Å². The van der Waals surface area contributed by atoms with Crippen LogP contribution in [0.5, 0.6) is 5.75 Å². The number of unbranched alkanes of at least 4 members (excludes halogenated alkanes) is 35. The van der Waals surface area contributed by atoms with E-state index < -0.39 is 0 Å². The summed E-state index contributed by atoms with van der Waals surface area (Å²) in [5, 5.41) is 0. The Bertz CT molecular complexity index is 977. The van der Waals surface area contributed by atoms with Gasteiger partial charge in [0.25, 0.3) is 0 Å². The van der Waals surface area contributed by atoms with Crippen LogP contribution in [0.3, 0.4) is 0 Å². The predicted molar refractivity (Wildman–Crippen MR) is 264 cm³/mol. The summed E-state index contributed by atoms with van der Waals surface area (Å²) in [6.45, 7) is 13.6. The molecule has 0 fully saturated rings. The first-order valence-corrected chi connectivity index (χ1v) is 27.4. The molecule has 0 amide bonds. The lowest BCUT2D eigenvalue weighted by atomic mass is 9.80. The minimum absolute atomic E-state index is 0.967. The van der Waals surface area contributed by atoms with Crippen LogP contribution < -0.4 is 4.74 Å². The van der Waals surface area contributed by atoms with Crippen LogP contribution in [0.4, 0.5) is 0 Å². The van der Waals surface area contributed by atoms with Gasteiger partial charge in [-0.05, 0) is 92.0 Å². The Balaban J connectivity index is 3.53. The molecule has 0 unspecified atom stereocenters. The van der Waals surface area contributed by atoms with Crippen molar-refractivity contribution in [3.05, 3.63) is 27.8 Å². The second-order valence-electron chi connectivity index (χ2n) is 19.0. The Labute approximate surface area is 371 Å². The van der Waals surface area contributed by atoms with E-state index in [1.807, 2.05) is 6.47 Å². The molecule has 0 heterocycles. The molecule has 1 radical (unpaired) electrons. The maximum absolute atomic E-state index is 12.4. The zero-order valence-electron chi connectivity index (χ0n) is 41.1. The zero-order chi connectivity index (χ0) is 42.7. The molecule has 1 aromatic carbocycles. The van der Waals surface area contributed by atoms with Gasteiger partial charge >= 0.3 is 6.47 Å². The van der Waals surface area contributed by atoms with E-state index in [0.717, 1.165) is 31.4 Å². The molecule has 0 aliphatic rings. The summed E-state index contributed by atoms with van der Waals surface area (Å²) in [6, 6.07) is 0. The molecule has 1 rings (SSSR count). The van der Waals surface area contributed by atoms with E-state index in [1.165, 1.54) is 274 Å². The summed E-state index contributed by atoms with van der Waals surface area (Å²) in [6.07, 6.45) is 59.5. The van der Waals surface area contributed by atoms with Crippen LogP contribution in [0.25, 0.3) is 0 Å². The summed E-state index contributed by atoms with van der Waals surface area (Å²) in [7, 11) is 0. The zero-order valence-corrected chi connectivity index (χ0v) is 41.1. The molecule has 345 valence electrons. The van der Waals surface area contributed by atoms with Gasteiger partial charge in [0.15, 0.2) is 0 Å². The summed E-state index contributed by atoms with van der Waals surface area (Å²) in [5.74, 6) is 0.967. The van der Waals surface area contributed by atoms with E-state index >= 15 is 0 Å². The molecule has 0 aromatic heterocycles. The third-order valence-electron chi connectivity index (χ3n) is 13.6. The molecule has 0 bridgehead atoms. The van der Waals surface area contributed by atoms with Crippen molar-refractivity contribution in [1.82, 2.24) is 0 Å². The number of rotatable bonds is 47. The van der Waals surface area contributed by atoms with E-state index in [2.05, 4.69) is 34.6 Å². The summed E-state index contributed by atoms with van der Waals surface area (Å²) < 4.78 is 6.20. The topological polar surface area (TPSA) is 26.3 Å². The smallest absolute Gasteiger partial charge is 0.417 e. The normalized spacial score (nSPS) is 11.5. The fraction of sp³-hybridized carbons (Fsp3) is 0.877. The summed E-state index contributed by atoms with van der Waals surface area (Å²) in [4.78, 5) is 12.4. The maximum atomic E-state index is 12.4. The number of benzene rings is 1. The lowest BCUT2D eigenvalue weighted by Crippen LogP contribution is -2.14. The molecule has 0 atom stereocenters. The van der Waals surface area contributed by atoms with Gasteiger partial charge in [-0.3, -0.25) is 0 Å². The Morgan fingerprint density at radius 2 is 0.424 bits per heavy atom. The van der Waals surface area contributed by atoms with Crippen LogP contribution in [-0.4, -0.2) is 6.47 Å². The van der Waals surface area contributed by atoms with Crippen molar-refractivity contribution < 1.29 is 9.53 Å². The number of hydrogen-bond donors (Lipinski definition) is 0. The van der Waals surface area contributed by atoms with Crippen molar-refractivity contribution >= 4 is 6.47 Å². The second kappa shape index (κ2) is 43.3. The van der Waals surface area contributed by atoms with Crippen LogP contribution in [0, 0.1) is 0 Å². The highest BCUT2D eigenvalue weighted by Gasteiger charge is 2.24. The van der Waals surface area contributed by atoms with Gasteiger partial charge in [0.1, 0.15) is 5.75 Å². The molecular formula is C57H105O2. The Morgan fingerprint density at radius 3 is 0.627 bits per heavy atom. The van der Waals surface area contributed by atoms with Crippen LogP contribution >= 0.6 is 0 Å². The Morgan fingerprint density at radius 1 is 0.254 bits per heavy atom. The van der Waals surface area contributed by atoms with Gasteiger partial charge in [-0.25, -0.2) is 4.79 Å². The van der Waals surface area contributed by atoms with E-state index in [4.69, 9.17) is 4.74 Å². The second-order valence-corrected chi connectivity index (χ2v) is 19.0. The fourth-order valence-corrected chi connectivity index (χ4v) is 9.78. The molecule has 0 aliphatic carbocycles. The predicted octanol–water partition coefficient (Wildman–Crippen LogP) is 19.5. The first kappa shape index (κ1) is 55.7. The maximum Gasteiger partial charge on any atom is 0.423 e. The summed E-state index contributed by atoms with van der Waals surface area (Å²) >= 11 is 0. The third kappa shape index (κ3) is 29.6. The van der Waals surface area contributed by atoms with Crippen LogP contribution in [0.2, 0.25) is 0 Å². The molecule has 0 saturated heterocycles. The molecule has 2 heteroatoms. The molecule has 0 saturated carbocycles. The largest absolute Gasteiger partial charge is 0.423 e. The van der Waals surface area contributed by atoms with Gasteiger partial charge < -0.3 is 4.74 Å². The highest BCUT2D eigenvalue weighted by atomic mass is 16.5. The highest BCUT2D eigenvalue weighted by Crippen LogP contribution is 2.40. The average Bonchev–Trinajstić information content (AvgIpc) is 3.24. The average molecular weight is 822 g/mol. The van der Waals surface area contributed by atoms with Crippen molar-refractivity contribution in [2.24, 2.45) is 0 Å². The van der Waals surface area contributed by atoms with E-state index in [1.54, 1.807) is 16.7 Å². The molecule has 59 heavy (non-hydrogen) atoms. The van der Waals surface area contributed by atoms with Gasteiger partial charge in [-0.15, -0.1) is 0 Å². The van der Waals surface area contributed by atoms with Crippen molar-refractivity contribution in [2.75, 3.05) is 0 Å². The van der Waals surface area contributed by atoms with Gasteiger partial charge in [0.05, 0.1) is 0 Å². The fourth-order valence-electron chi connectivity index (χ4n) is 9.78. The SMILES string of the molecule is CCCCCCCCCCc1c(CCCCCCCCCC)c(CCCCCCCCCC)c(O[C]=O)c(CCCCCCCCCC)c1CCCCCCCCCC. The van der Waals surface area contributed by atoms with Gasteiger partial charge in [-0.2, -0.15) is 0 Å². The molecular weight excluding hydrogens is 717 g/mol. The Kier molecular flexibility index (Phi) is 40.9. The minimum Gasteiger partial charge on any atom is -0.417 e. The first-order chi connectivity index (χ1) is 29.2. The van der Waals surface area contributed by atoms with Crippen molar-refractivity contribution in [1.29, 1.82) is 0 Å². The monoisotopic (exact) mass is 822 g/mol. The lowest BCUT2D eigenvalue weighted by molar-refractivity contribution is 0.433. The Hall–Kier alpha value is -1.31. The minimum atomic E-state index is 0.967. The van der Waals surface area contributed by atoms with Gasteiger partial charge in [0.2, 0.25) is 0 Å². The molecule has 2 nitrogen and oxygen atoms in total. The van der Waals surface area contributed by atoms with Gasteiger partial charge in [0, 0.05) is 0 Å². The van der Waals surface area contributed by atoms with Crippen LogP contribution in [-0.2, 0) is 36.9 Å². The quantitative estimate of drug-likeness (QED) is 0.0612. The van der Waals surface area contributed by atoms with E-state index in [0.29, 0.717) is 0 Å². The molecule has 0 spiro atoms. The van der Waals surface area contributed by atoms with E-state index in [9.17, 15) is 4.79 Å². The van der Waals surface area contributed by atoms with E-state index in [-0.39, 0.29) is 0 Å². The van der Waals surface area contributed by atoms with Crippen LogP contribution in [0.15, 0.2) is 0 Å². The lowest BCUT2D eigenvalue weighted by Gasteiger charge is -2.26. The number of ether oxygens (including phenoxy) is 1. The first-order valence-electron chi connectivity index (χ1n) is 27.4.